The fourth-order valence-corrected chi connectivity index (χ4v) is 15.1. The van der Waals surface area contributed by atoms with Gasteiger partial charge in [0.2, 0.25) is 6.10 Å². The molecule has 8 heteroatoms. The lowest BCUT2D eigenvalue weighted by atomic mass is 10.0. The van der Waals surface area contributed by atoms with Gasteiger partial charge >= 0.3 is 29.9 Å². The molecule has 101 heavy (non-hydrogen) atoms. The van der Waals surface area contributed by atoms with Crippen molar-refractivity contribution in [1.29, 1.82) is 0 Å². The first-order chi connectivity index (χ1) is 49.8. The van der Waals surface area contributed by atoms with Gasteiger partial charge in [-0.3, -0.25) is 19.2 Å². The van der Waals surface area contributed by atoms with Crippen LogP contribution in [-0.4, -0.2) is 36.0 Å². The second-order valence-electron chi connectivity index (χ2n) is 32.2. The van der Waals surface area contributed by atoms with Crippen molar-refractivity contribution in [2.24, 2.45) is 0 Å². The molecule has 0 aliphatic rings. The fourth-order valence-electron chi connectivity index (χ4n) is 15.1. The van der Waals surface area contributed by atoms with Crippen LogP contribution in [0, 0.1) is 0 Å². The summed E-state index contributed by atoms with van der Waals surface area (Å²) >= 11 is 0. The lowest BCUT2D eigenvalue weighted by Gasteiger charge is -2.36. The molecule has 0 radical (unpaired) electrons. The van der Waals surface area contributed by atoms with E-state index in [0.717, 1.165) is 77.0 Å². The molecule has 0 saturated carbocycles. The van der Waals surface area contributed by atoms with Gasteiger partial charge in [0.05, 0.1) is 0 Å². The highest BCUT2D eigenvalue weighted by Gasteiger charge is 2.53. The molecule has 0 saturated heterocycles. The van der Waals surface area contributed by atoms with Gasteiger partial charge in [-0.25, -0.2) is 0 Å². The van der Waals surface area contributed by atoms with Crippen molar-refractivity contribution in [3.05, 3.63) is 0 Å². The summed E-state index contributed by atoms with van der Waals surface area (Å²) in [6.07, 6.45) is 96.3. The van der Waals surface area contributed by atoms with Crippen LogP contribution in [0.2, 0.25) is 0 Å². The van der Waals surface area contributed by atoms with Crippen molar-refractivity contribution < 1.29 is 38.1 Å². The molecule has 0 aromatic rings. The van der Waals surface area contributed by atoms with Gasteiger partial charge in [-0.1, -0.05) is 503 Å². The van der Waals surface area contributed by atoms with E-state index in [1.807, 2.05) is 6.92 Å². The van der Waals surface area contributed by atoms with E-state index in [2.05, 4.69) is 27.7 Å². The molecule has 0 spiro atoms. The molecular weight excluding hydrogens is 1250 g/mol. The molecule has 0 aliphatic heterocycles. The van der Waals surface area contributed by atoms with Crippen molar-refractivity contribution in [3.8, 4) is 0 Å². The van der Waals surface area contributed by atoms with E-state index >= 15 is 0 Å². The maximum absolute atomic E-state index is 14.2. The van der Waals surface area contributed by atoms with Crippen LogP contribution in [0.5, 0.6) is 0 Å². The molecule has 0 rings (SSSR count). The Bertz CT molecular complexity index is 1530. The Balaban J connectivity index is 5.68. The minimum Gasteiger partial charge on any atom is -0.449 e. The maximum Gasteiger partial charge on any atom is 0.463 e. The summed E-state index contributed by atoms with van der Waals surface area (Å²) in [5, 5.41) is 0. The SMILES string of the molecule is CCCCCCCCCCCCCCCCCCCCCC(=O)OC(CCC)C(OC(=O)CCCCCCCCCCCCCCCCCCCCC)(OC(=O)CCCCCCCCCCCCCCCCCCCCC)OC(=O)CCCCCCCCCCCCCCCCCCCCC. The highest BCUT2D eigenvalue weighted by atomic mass is 16.9. The second-order valence-corrected chi connectivity index (χ2v) is 32.2. The zero-order chi connectivity index (χ0) is 73.2. The first-order valence-corrected chi connectivity index (χ1v) is 46.6. The van der Waals surface area contributed by atoms with E-state index in [4.69, 9.17) is 18.9 Å². The molecule has 600 valence electrons. The summed E-state index contributed by atoms with van der Waals surface area (Å²) in [6, 6.07) is 0. The highest BCUT2D eigenvalue weighted by molar-refractivity contribution is 5.74. The molecule has 0 aliphatic carbocycles. The lowest BCUT2D eigenvalue weighted by Crippen LogP contribution is -2.55. The quantitative estimate of drug-likeness (QED) is 0.0337. The molecule has 0 heterocycles. The average Bonchev–Trinajstić information content (AvgIpc) is 0.802. The van der Waals surface area contributed by atoms with Gasteiger partial charge in [0.1, 0.15) is 0 Å². The van der Waals surface area contributed by atoms with E-state index in [1.165, 1.54) is 385 Å². The van der Waals surface area contributed by atoms with Crippen molar-refractivity contribution in [3.63, 3.8) is 0 Å². The summed E-state index contributed by atoms with van der Waals surface area (Å²) in [7, 11) is 0. The smallest absolute Gasteiger partial charge is 0.449 e. The normalized spacial score (nSPS) is 12.0. The summed E-state index contributed by atoms with van der Waals surface area (Å²) in [4.78, 5) is 56.5. The minimum atomic E-state index is -2.49. The van der Waals surface area contributed by atoms with E-state index < -0.39 is 36.0 Å². The number of carbonyl (C=O) groups is 4. The van der Waals surface area contributed by atoms with Crippen molar-refractivity contribution in [1.82, 2.24) is 0 Å². The third kappa shape index (κ3) is 74.5. The van der Waals surface area contributed by atoms with Crippen LogP contribution in [-0.2, 0) is 38.1 Å². The van der Waals surface area contributed by atoms with Crippen molar-refractivity contribution in [2.45, 2.75) is 573 Å². The van der Waals surface area contributed by atoms with E-state index in [-0.39, 0.29) is 32.1 Å². The third-order valence-electron chi connectivity index (χ3n) is 21.9. The second kappa shape index (κ2) is 83.5. The maximum atomic E-state index is 14.2. The Labute approximate surface area is 631 Å². The Morgan fingerprint density at radius 1 is 0.178 bits per heavy atom. The molecule has 1 unspecified atom stereocenters. The predicted octanol–water partition coefficient (Wildman–Crippen LogP) is 32.3. The number of hydrogen-bond donors (Lipinski definition) is 0. The molecule has 8 nitrogen and oxygen atoms in total. The van der Waals surface area contributed by atoms with Crippen LogP contribution in [0.4, 0.5) is 0 Å². The van der Waals surface area contributed by atoms with Crippen LogP contribution in [0.3, 0.4) is 0 Å². The molecule has 0 amide bonds. The number of esters is 4. The van der Waals surface area contributed by atoms with Crippen LogP contribution in [0.25, 0.3) is 0 Å². The van der Waals surface area contributed by atoms with Gasteiger partial charge in [-0.05, 0) is 32.1 Å². The fraction of sp³-hybridized carbons (Fsp3) is 0.957. The van der Waals surface area contributed by atoms with E-state index in [9.17, 15) is 19.2 Å². The van der Waals surface area contributed by atoms with Crippen LogP contribution in [0.1, 0.15) is 561 Å². The van der Waals surface area contributed by atoms with Crippen molar-refractivity contribution in [2.75, 3.05) is 0 Å². The van der Waals surface area contributed by atoms with Gasteiger partial charge < -0.3 is 18.9 Å². The van der Waals surface area contributed by atoms with E-state index in [0.29, 0.717) is 32.1 Å². The standard InChI is InChI=1S/C93H180O8/c1-6-11-15-19-23-27-31-35-39-43-47-51-55-59-63-67-71-75-79-84-89(94)98-88(83-10-5)93(99-90(95)85-80-76-72-68-64-60-56-52-48-44-40-36-32-28-24-20-16-12-7-2,100-91(96)86-81-77-73-69-65-61-57-53-49-45-41-37-33-29-25-21-17-13-8-3)101-92(97)87-82-78-74-70-66-62-58-54-50-46-42-38-34-30-26-22-18-14-9-4/h88H,6-87H2,1-5H3. The molecule has 0 aromatic heterocycles. The Hall–Kier alpha value is -2.12. The number of rotatable bonds is 87. The molecule has 0 aromatic carbocycles. The summed E-state index contributed by atoms with van der Waals surface area (Å²) in [5.41, 5.74) is 0. The van der Waals surface area contributed by atoms with Gasteiger partial charge in [0.25, 0.3) is 0 Å². The Morgan fingerprint density at radius 3 is 0.446 bits per heavy atom. The summed E-state index contributed by atoms with van der Waals surface area (Å²) in [6.45, 7) is 11.1. The van der Waals surface area contributed by atoms with Crippen molar-refractivity contribution >= 4 is 23.9 Å². The largest absolute Gasteiger partial charge is 0.463 e. The van der Waals surface area contributed by atoms with Gasteiger partial charge in [-0.15, -0.1) is 0 Å². The minimum absolute atomic E-state index is 0.0977. The molecular formula is C93H180O8. The first-order valence-electron chi connectivity index (χ1n) is 46.6. The first kappa shape index (κ1) is 98.9. The molecule has 0 N–H and O–H groups in total. The predicted molar refractivity (Wildman–Crippen MR) is 438 cm³/mol. The molecule has 0 bridgehead atoms. The average molecular weight is 1430 g/mol. The summed E-state index contributed by atoms with van der Waals surface area (Å²) in [5.74, 6) is -4.72. The van der Waals surface area contributed by atoms with Gasteiger partial charge in [0.15, 0.2) is 0 Å². The zero-order valence-electron chi connectivity index (χ0n) is 69.3. The Morgan fingerprint density at radius 2 is 0.307 bits per heavy atom. The highest BCUT2D eigenvalue weighted by Crippen LogP contribution is 2.32. The Kier molecular flexibility index (Phi) is 81.8. The van der Waals surface area contributed by atoms with Gasteiger partial charge in [0, 0.05) is 25.7 Å². The molecule has 0 fully saturated rings. The number of carbonyl (C=O) groups excluding carboxylic acids is 4. The van der Waals surface area contributed by atoms with Crippen LogP contribution in [0.15, 0.2) is 0 Å². The summed E-state index contributed by atoms with van der Waals surface area (Å²) < 4.78 is 25.0. The number of ether oxygens (including phenoxy) is 4. The van der Waals surface area contributed by atoms with E-state index in [1.54, 1.807) is 0 Å². The van der Waals surface area contributed by atoms with Gasteiger partial charge in [-0.2, -0.15) is 0 Å². The van der Waals surface area contributed by atoms with Crippen LogP contribution < -0.4 is 0 Å². The monoisotopic (exact) mass is 1430 g/mol. The third-order valence-corrected chi connectivity index (χ3v) is 21.9. The lowest BCUT2D eigenvalue weighted by molar-refractivity contribution is -0.365. The van der Waals surface area contributed by atoms with Crippen LogP contribution >= 0.6 is 0 Å². The topological polar surface area (TPSA) is 105 Å². The number of hydrogen-bond acceptors (Lipinski definition) is 8. The number of unbranched alkanes of at least 4 members (excludes halogenated alkanes) is 72. The zero-order valence-corrected chi connectivity index (χ0v) is 69.3. The molecule has 1 atom stereocenters.